The largest absolute Gasteiger partial charge is 0.379 e. The molecule has 1 unspecified atom stereocenters. The molecule has 1 saturated heterocycles. The molecule has 154 valence electrons. The molecular formula is C20H34FIN4O. The number of ether oxygens (including phenoxy) is 1. The Morgan fingerprint density at radius 3 is 2.52 bits per heavy atom. The predicted octanol–water partition coefficient (Wildman–Crippen LogP) is 3.51. The summed E-state index contributed by atoms with van der Waals surface area (Å²) in [5.41, 5.74) is 1.10. The summed E-state index contributed by atoms with van der Waals surface area (Å²) in [6.07, 6.45) is 2.31. The van der Waals surface area contributed by atoms with Gasteiger partial charge in [0, 0.05) is 33.2 Å². The van der Waals surface area contributed by atoms with Gasteiger partial charge in [-0.05, 0) is 31.0 Å². The first-order chi connectivity index (χ1) is 12.7. The molecule has 7 heteroatoms. The van der Waals surface area contributed by atoms with Gasteiger partial charge in [0.05, 0.1) is 25.8 Å². The van der Waals surface area contributed by atoms with E-state index in [0.717, 1.165) is 63.8 Å². The minimum absolute atomic E-state index is 0. The molecule has 1 N–H and O–H groups in total. The number of rotatable bonds is 8. The SMILES string of the molecule is CCCCN(C)C(=NCC(c1ccc(F)cc1)N1CCOCC1)NCC.I. The Bertz CT molecular complexity index is 549. The Morgan fingerprint density at radius 2 is 1.93 bits per heavy atom. The second kappa shape index (κ2) is 13.3. The molecule has 5 nitrogen and oxygen atoms in total. The molecule has 0 saturated carbocycles. The number of aliphatic imine (C=N–C) groups is 1. The van der Waals surface area contributed by atoms with E-state index in [1.807, 2.05) is 12.1 Å². The third-order valence-electron chi connectivity index (χ3n) is 4.70. The zero-order valence-corrected chi connectivity index (χ0v) is 19.1. The Labute approximate surface area is 180 Å². The summed E-state index contributed by atoms with van der Waals surface area (Å²) < 4.78 is 18.8. The number of halogens is 2. The quantitative estimate of drug-likeness (QED) is 0.343. The van der Waals surface area contributed by atoms with Gasteiger partial charge in [0.1, 0.15) is 5.82 Å². The lowest BCUT2D eigenvalue weighted by Crippen LogP contribution is -2.42. The summed E-state index contributed by atoms with van der Waals surface area (Å²) in [4.78, 5) is 9.47. The van der Waals surface area contributed by atoms with Gasteiger partial charge in [-0.25, -0.2) is 4.39 Å². The van der Waals surface area contributed by atoms with Crippen LogP contribution in [0.4, 0.5) is 4.39 Å². The summed E-state index contributed by atoms with van der Waals surface area (Å²) in [5, 5.41) is 3.38. The molecule has 0 aliphatic carbocycles. The average molecular weight is 492 g/mol. The Kier molecular flexibility index (Phi) is 11.9. The lowest BCUT2D eigenvalue weighted by atomic mass is 10.0. The fraction of sp³-hybridized carbons (Fsp3) is 0.650. The van der Waals surface area contributed by atoms with Crippen LogP contribution in [0.1, 0.15) is 38.3 Å². The maximum atomic E-state index is 13.4. The molecule has 1 atom stereocenters. The number of hydrogen-bond acceptors (Lipinski definition) is 3. The summed E-state index contributed by atoms with van der Waals surface area (Å²) >= 11 is 0. The smallest absolute Gasteiger partial charge is 0.193 e. The maximum Gasteiger partial charge on any atom is 0.193 e. The molecule has 1 fully saturated rings. The van der Waals surface area contributed by atoms with Crippen LogP contribution in [-0.2, 0) is 4.74 Å². The molecule has 0 aromatic heterocycles. The van der Waals surface area contributed by atoms with Gasteiger partial charge in [0.2, 0.25) is 0 Å². The highest BCUT2D eigenvalue weighted by atomic mass is 127. The van der Waals surface area contributed by atoms with Gasteiger partial charge in [0.25, 0.3) is 0 Å². The molecule has 0 amide bonds. The Morgan fingerprint density at radius 1 is 1.26 bits per heavy atom. The van der Waals surface area contributed by atoms with Gasteiger partial charge >= 0.3 is 0 Å². The standard InChI is InChI=1S/C20H33FN4O.HI/c1-4-6-11-24(3)20(22-5-2)23-16-19(25-12-14-26-15-13-25)17-7-9-18(21)10-8-17;/h7-10,19H,4-6,11-16H2,1-3H3,(H,22,23);1H. The Balaban J connectivity index is 0.00000364. The van der Waals surface area contributed by atoms with Gasteiger partial charge in [-0.2, -0.15) is 0 Å². The highest BCUT2D eigenvalue weighted by molar-refractivity contribution is 14.0. The van der Waals surface area contributed by atoms with Crippen molar-refractivity contribution in [2.75, 3.05) is 53.0 Å². The van der Waals surface area contributed by atoms with Gasteiger partial charge in [-0.15, -0.1) is 24.0 Å². The van der Waals surface area contributed by atoms with E-state index >= 15 is 0 Å². The molecule has 1 heterocycles. The van der Waals surface area contributed by atoms with Gasteiger partial charge in [-0.1, -0.05) is 25.5 Å². The van der Waals surface area contributed by atoms with Gasteiger partial charge < -0.3 is 15.0 Å². The molecule has 1 aromatic carbocycles. The van der Waals surface area contributed by atoms with Crippen LogP contribution in [0, 0.1) is 5.82 Å². The third-order valence-corrected chi connectivity index (χ3v) is 4.70. The lowest BCUT2D eigenvalue weighted by Gasteiger charge is -2.34. The van der Waals surface area contributed by atoms with Crippen molar-refractivity contribution in [3.8, 4) is 0 Å². The molecular weight excluding hydrogens is 458 g/mol. The van der Waals surface area contributed by atoms with Crippen LogP contribution in [0.2, 0.25) is 0 Å². The van der Waals surface area contributed by atoms with Crippen LogP contribution in [0.25, 0.3) is 0 Å². The fourth-order valence-corrected chi connectivity index (χ4v) is 3.15. The van der Waals surface area contributed by atoms with Gasteiger partial charge in [0.15, 0.2) is 5.96 Å². The number of guanidine groups is 1. The number of hydrogen-bond donors (Lipinski definition) is 1. The molecule has 1 aliphatic rings. The molecule has 0 spiro atoms. The van der Waals surface area contributed by atoms with Crippen molar-refractivity contribution in [3.63, 3.8) is 0 Å². The van der Waals surface area contributed by atoms with E-state index in [0.29, 0.717) is 6.54 Å². The van der Waals surface area contributed by atoms with Crippen LogP contribution in [0.3, 0.4) is 0 Å². The zero-order chi connectivity index (χ0) is 18.8. The Hall–Kier alpha value is -0.930. The topological polar surface area (TPSA) is 40.1 Å². The van der Waals surface area contributed by atoms with Crippen LogP contribution >= 0.6 is 24.0 Å². The fourth-order valence-electron chi connectivity index (χ4n) is 3.15. The van der Waals surface area contributed by atoms with Crippen LogP contribution < -0.4 is 5.32 Å². The normalized spacial score (nSPS) is 16.5. The lowest BCUT2D eigenvalue weighted by molar-refractivity contribution is 0.0179. The zero-order valence-electron chi connectivity index (χ0n) is 16.8. The molecule has 27 heavy (non-hydrogen) atoms. The van der Waals surface area contributed by atoms with E-state index in [2.05, 4.69) is 36.0 Å². The average Bonchev–Trinajstić information content (AvgIpc) is 2.67. The van der Waals surface area contributed by atoms with Crippen molar-refractivity contribution in [3.05, 3.63) is 35.6 Å². The summed E-state index contributed by atoms with van der Waals surface area (Å²) in [6, 6.07) is 6.95. The first-order valence-electron chi connectivity index (χ1n) is 9.72. The first kappa shape index (κ1) is 24.1. The van der Waals surface area contributed by atoms with Crippen molar-refractivity contribution in [2.24, 2.45) is 4.99 Å². The number of benzene rings is 1. The molecule has 0 radical (unpaired) electrons. The van der Waals surface area contributed by atoms with E-state index in [4.69, 9.17) is 9.73 Å². The van der Waals surface area contributed by atoms with E-state index in [-0.39, 0.29) is 35.8 Å². The molecule has 1 aliphatic heterocycles. The third kappa shape index (κ3) is 7.91. The number of nitrogens with zero attached hydrogens (tertiary/aromatic N) is 3. The van der Waals surface area contributed by atoms with E-state index in [9.17, 15) is 4.39 Å². The second-order valence-corrected chi connectivity index (χ2v) is 6.69. The van der Waals surface area contributed by atoms with Crippen LogP contribution in [0.5, 0.6) is 0 Å². The molecule has 0 bridgehead atoms. The summed E-state index contributed by atoms with van der Waals surface area (Å²) in [7, 11) is 2.08. The van der Waals surface area contributed by atoms with Crippen molar-refractivity contribution in [1.82, 2.24) is 15.1 Å². The number of nitrogens with one attached hydrogen (secondary N) is 1. The monoisotopic (exact) mass is 492 g/mol. The highest BCUT2D eigenvalue weighted by Gasteiger charge is 2.23. The molecule has 2 rings (SSSR count). The van der Waals surface area contributed by atoms with E-state index < -0.39 is 0 Å². The van der Waals surface area contributed by atoms with E-state index in [1.165, 1.54) is 12.1 Å². The highest BCUT2D eigenvalue weighted by Crippen LogP contribution is 2.23. The van der Waals surface area contributed by atoms with Crippen molar-refractivity contribution >= 4 is 29.9 Å². The second-order valence-electron chi connectivity index (χ2n) is 6.69. The summed E-state index contributed by atoms with van der Waals surface area (Å²) in [5.74, 6) is 0.729. The number of unbranched alkanes of at least 4 members (excludes halogenated alkanes) is 1. The van der Waals surface area contributed by atoms with E-state index in [1.54, 1.807) is 0 Å². The van der Waals surface area contributed by atoms with Crippen LogP contribution in [0.15, 0.2) is 29.3 Å². The van der Waals surface area contributed by atoms with Crippen molar-refractivity contribution in [1.29, 1.82) is 0 Å². The predicted molar refractivity (Wildman–Crippen MR) is 120 cm³/mol. The number of morpholine rings is 1. The van der Waals surface area contributed by atoms with Crippen molar-refractivity contribution in [2.45, 2.75) is 32.7 Å². The first-order valence-corrected chi connectivity index (χ1v) is 9.72. The maximum absolute atomic E-state index is 13.4. The van der Waals surface area contributed by atoms with Crippen LogP contribution in [-0.4, -0.2) is 68.7 Å². The minimum atomic E-state index is -0.203. The summed E-state index contributed by atoms with van der Waals surface area (Å²) in [6.45, 7) is 9.97. The minimum Gasteiger partial charge on any atom is -0.379 e. The van der Waals surface area contributed by atoms with Gasteiger partial charge in [-0.3, -0.25) is 9.89 Å². The molecule has 1 aromatic rings. The van der Waals surface area contributed by atoms with Crippen molar-refractivity contribution < 1.29 is 9.13 Å².